The lowest BCUT2D eigenvalue weighted by atomic mass is 10.3. The largest absolute Gasteiger partial charge is 0.490 e. The molecule has 1 fully saturated rings. The second-order valence-corrected chi connectivity index (χ2v) is 7.00. The molecule has 0 saturated heterocycles. The van der Waals surface area contributed by atoms with Crippen LogP contribution < -0.4 is 15.8 Å². The first-order valence-electron chi connectivity index (χ1n) is 9.15. The quantitative estimate of drug-likeness (QED) is 0.422. The fourth-order valence-corrected chi connectivity index (χ4v) is 3.22. The third kappa shape index (κ3) is 3.70. The van der Waals surface area contributed by atoms with Crippen molar-refractivity contribution in [3.8, 4) is 17.3 Å². The summed E-state index contributed by atoms with van der Waals surface area (Å²) in [5.74, 6) is 2.21. The number of aromatic nitrogens is 5. The Kier molecular flexibility index (Phi) is 5.13. The van der Waals surface area contributed by atoms with Crippen LogP contribution in [0.3, 0.4) is 0 Å². The van der Waals surface area contributed by atoms with Crippen molar-refractivity contribution in [2.75, 3.05) is 25.4 Å². The van der Waals surface area contributed by atoms with Gasteiger partial charge in [-0.05, 0) is 55.5 Å². The smallest absolute Gasteiger partial charge is 0.199 e. The van der Waals surface area contributed by atoms with E-state index in [1.165, 1.54) is 12.8 Å². The van der Waals surface area contributed by atoms with E-state index in [-0.39, 0.29) is 5.82 Å². The van der Waals surface area contributed by atoms with E-state index in [4.69, 9.17) is 26.7 Å². The molecule has 9 nitrogen and oxygen atoms in total. The van der Waals surface area contributed by atoms with Crippen molar-refractivity contribution < 1.29 is 9.37 Å². The average molecular weight is 392 g/mol. The molecule has 0 aliphatic heterocycles. The monoisotopic (exact) mass is 391 g/mol. The van der Waals surface area contributed by atoms with Crippen LogP contribution in [0.25, 0.3) is 22.6 Å². The van der Waals surface area contributed by atoms with Gasteiger partial charge >= 0.3 is 0 Å². The lowest BCUT2D eigenvalue weighted by Gasteiger charge is -2.11. The first-order chi connectivity index (χ1) is 13.2. The van der Waals surface area contributed by atoms with Crippen molar-refractivity contribution in [2.45, 2.75) is 32.7 Å². The minimum absolute atomic E-state index is 0.174. The van der Waals surface area contributed by atoms with Crippen LogP contribution in [0, 0.1) is 5.92 Å². The van der Waals surface area contributed by atoms with Crippen molar-refractivity contribution in [1.82, 2.24) is 30.2 Å². The Hall–Kier alpha value is -2.39. The van der Waals surface area contributed by atoms with Gasteiger partial charge in [0.05, 0.1) is 12.8 Å². The number of nitrogens with two attached hydrogens (primary N) is 1. The van der Waals surface area contributed by atoms with Gasteiger partial charge < -0.3 is 20.4 Å². The van der Waals surface area contributed by atoms with E-state index in [1.807, 2.05) is 11.5 Å². The Balaban J connectivity index is 1.56. The Morgan fingerprint density at radius 1 is 1.41 bits per heavy atom. The van der Waals surface area contributed by atoms with E-state index in [9.17, 15) is 0 Å². The molecule has 0 radical (unpaired) electrons. The summed E-state index contributed by atoms with van der Waals surface area (Å²) in [6.07, 6.45) is 5.24. The van der Waals surface area contributed by atoms with Gasteiger partial charge in [0.25, 0.3) is 0 Å². The van der Waals surface area contributed by atoms with Crippen molar-refractivity contribution in [3.05, 3.63) is 11.3 Å². The van der Waals surface area contributed by atoms with Crippen molar-refractivity contribution >= 4 is 28.5 Å². The number of nitrogens with zero attached hydrogens (tertiary/aromatic N) is 5. The van der Waals surface area contributed by atoms with E-state index in [2.05, 4.69) is 25.6 Å². The first-order valence-corrected chi connectivity index (χ1v) is 9.53. The van der Waals surface area contributed by atoms with Crippen LogP contribution in [-0.4, -0.2) is 44.5 Å². The average Bonchev–Trinajstić information content (AvgIpc) is 3.26. The maximum Gasteiger partial charge on any atom is 0.199 e. The number of ether oxygens (including phenoxy) is 1. The van der Waals surface area contributed by atoms with Gasteiger partial charge in [0.1, 0.15) is 11.0 Å². The lowest BCUT2D eigenvalue weighted by molar-refractivity contribution is 0.308. The number of pyridine rings is 1. The highest BCUT2D eigenvalue weighted by molar-refractivity contribution is 6.34. The summed E-state index contributed by atoms with van der Waals surface area (Å²) in [6.45, 7) is 5.23. The molecule has 10 heteroatoms. The molecular formula is C17H22ClN7O2. The molecule has 3 aromatic rings. The van der Waals surface area contributed by atoms with E-state index in [0.717, 1.165) is 30.9 Å². The van der Waals surface area contributed by atoms with Gasteiger partial charge in [-0.15, -0.1) is 0 Å². The van der Waals surface area contributed by atoms with Crippen molar-refractivity contribution in [2.24, 2.45) is 5.92 Å². The molecular weight excluding hydrogens is 370 g/mol. The SMILES string of the molecule is CCn1c(-c2nonc2N)nc2c(Cl)ncc(OCCCNCC3CC3)c21. The Bertz CT molecular complexity index is 935. The molecule has 0 atom stereocenters. The lowest BCUT2D eigenvalue weighted by Crippen LogP contribution is -2.19. The summed E-state index contributed by atoms with van der Waals surface area (Å²) in [4.78, 5) is 8.77. The zero-order chi connectivity index (χ0) is 18.8. The molecule has 0 bridgehead atoms. The molecule has 4 rings (SSSR count). The van der Waals surface area contributed by atoms with Gasteiger partial charge in [-0.2, -0.15) is 0 Å². The maximum absolute atomic E-state index is 6.27. The summed E-state index contributed by atoms with van der Waals surface area (Å²) < 4.78 is 12.6. The number of halogens is 1. The molecule has 3 aromatic heterocycles. The Morgan fingerprint density at radius 2 is 2.26 bits per heavy atom. The fraction of sp³-hybridized carbons (Fsp3) is 0.529. The van der Waals surface area contributed by atoms with Gasteiger partial charge in [-0.3, -0.25) is 0 Å². The molecule has 1 aliphatic rings. The summed E-state index contributed by atoms with van der Waals surface area (Å²) in [5.41, 5.74) is 7.52. The molecule has 3 N–H and O–H groups in total. The number of nitrogens with one attached hydrogen (secondary N) is 1. The number of anilines is 1. The van der Waals surface area contributed by atoms with Crippen LogP contribution in [0.15, 0.2) is 10.8 Å². The van der Waals surface area contributed by atoms with Crippen LogP contribution in [0.5, 0.6) is 5.75 Å². The number of hydrogen-bond donors (Lipinski definition) is 2. The normalized spacial score (nSPS) is 14.1. The van der Waals surface area contributed by atoms with E-state index >= 15 is 0 Å². The van der Waals surface area contributed by atoms with Gasteiger partial charge in [-0.1, -0.05) is 11.6 Å². The summed E-state index contributed by atoms with van der Waals surface area (Å²) in [7, 11) is 0. The highest BCUT2D eigenvalue weighted by Crippen LogP contribution is 2.34. The first kappa shape index (κ1) is 18.0. The molecule has 1 saturated carbocycles. The summed E-state index contributed by atoms with van der Waals surface area (Å²) in [6, 6.07) is 0. The highest BCUT2D eigenvalue weighted by Gasteiger charge is 2.23. The van der Waals surface area contributed by atoms with E-state index < -0.39 is 0 Å². The third-order valence-corrected chi connectivity index (χ3v) is 4.90. The van der Waals surface area contributed by atoms with E-state index in [0.29, 0.717) is 41.1 Å². The highest BCUT2D eigenvalue weighted by atomic mass is 35.5. The van der Waals surface area contributed by atoms with Crippen LogP contribution in [0.2, 0.25) is 5.15 Å². The molecule has 0 spiro atoms. The summed E-state index contributed by atoms with van der Waals surface area (Å²) >= 11 is 6.27. The number of rotatable bonds is 9. The fourth-order valence-electron chi connectivity index (χ4n) is 3.04. The predicted octanol–water partition coefficient (Wildman–Crippen LogP) is 2.51. The molecule has 0 unspecified atom stereocenters. The summed E-state index contributed by atoms with van der Waals surface area (Å²) in [5, 5.41) is 11.2. The zero-order valence-electron chi connectivity index (χ0n) is 15.1. The van der Waals surface area contributed by atoms with Crippen LogP contribution in [-0.2, 0) is 6.54 Å². The molecule has 144 valence electrons. The molecule has 1 aliphatic carbocycles. The molecule has 0 amide bonds. The molecule has 3 heterocycles. The number of fused-ring (bicyclic) bond motifs is 1. The number of nitrogen functional groups attached to an aromatic ring is 1. The van der Waals surface area contributed by atoms with Crippen LogP contribution in [0.1, 0.15) is 26.2 Å². The standard InChI is InChI=1S/C17H22ClN7O2/c1-2-25-14-11(26-7-3-6-20-8-10-4-5-10)9-21-15(18)12(14)22-17(25)13-16(19)24-27-23-13/h9-10,20H,2-8H2,1H3,(H2,19,24). The zero-order valence-corrected chi connectivity index (χ0v) is 15.9. The minimum Gasteiger partial charge on any atom is -0.490 e. The second-order valence-electron chi connectivity index (χ2n) is 6.64. The molecule has 0 aromatic carbocycles. The van der Waals surface area contributed by atoms with Crippen molar-refractivity contribution in [3.63, 3.8) is 0 Å². The van der Waals surface area contributed by atoms with Gasteiger partial charge in [-0.25, -0.2) is 14.6 Å². The van der Waals surface area contributed by atoms with Gasteiger partial charge in [0.15, 0.2) is 28.2 Å². The third-order valence-electron chi connectivity index (χ3n) is 4.62. The van der Waals surface area contributed by atoms with Crippen LogP contribution >= 0.6 is 11.6 Å². The Morgan fingerprint density at radius 3 is 2.96 bits per heavy atom. The number of aryl methyl sites for hydroxylation is 1. The van der Waals surface area contributed by atoms with Crippen LogP contribution in [0.4, 0.5) is 5.82 Å². The van der Waals surface area contributed by atoms with Crippen molar-refractivity contribution in [1.29, 1.82) is 0 Å². The maximum atomic E-state index is 6.27. The van der Waals surface area contributed by atoms with E-state index in [1.54, 1.807) is 6.20 Å². The number of imidazole rings is 1. The Labute approximate surface area is 161 Å². The van der Waals surface area contributed by atoms with Gasteiger partial charge in [0.2, 0.25) is 0 Å². The van der Waals surface area contributed by atoms with Gasteiger partial charge in [0, 0.05) is 6.54 Å². The predicted molar refractivity (Wildman–Crippen MR) is 102 cm³/mol. The molecule has 27 heavy (non-hydrogen) atoms. The second kappa shape index (κ2) is 7.69. The minimum atomic E-state index is 0.174. The topological polar surface area (TPSA) is 117 Å². The number of hydrogen-bond acceptors (Lipinski definition) is 8.